The summed E-state index contributed by atoms with van der Waals surface area (Å²) in [5.74, 6) is -1.02. The summed E-state index contributed by atoms with van der Waals surface area (Å²) in [5, 5.41) is 14.2. The van der Waals surface area contributed by atoms with Crippen molar-refractivity contribution in [3.8, 4) is 5.69 Å². The minimum Gasteiger partial charge on any atom is -0.407 e. The average molecular weight is 533 g/mol. The second-order valence-corrected chi connectivity index (χ2v) is 10.4. The lowest BCUT2D eigenvalue weighted by molar-refractivity contribution is -0.141. The van der Waals surface area contributed by atoms with Crippen LogP contribution in [0.25, 0.3) is 5.69 Å². The van der Waals surface area contributed by atoms with Crippen LogP contribution in [0.4, 0.5) is 19.2 Å². The Morgan fingerprint density at radius 1 is 1.08 bits per heavy atom. The molecule has 9 nitrogen and oxygen atoms in total. The number of amides is 2. The van der Waals surface area contributed by atoms with Gasteiger partial charge in [0.05, 0.1) is 11.3 Å². The third-order valence-electron chi connectivity index (χ3n) is 6.38. The van der Waals surface area contributed by atoms with E-state index >= 15 is 0 Å². The quantitative estimate of drug-likeness (QED) is 0.463. The van der Waals surface area contributed by atoms with E-state index in [4.69, 9.17) is 4.42 Å². The predicted octanol–water partition coefficient (Wildman–Crippen LogP) is 4.91. The molecule has 1 aromatic carbocycles. The monoisotopic (exact) mass is 532 g/mol. The third-order valence-corrected chi connectivity index (χ3v) is 6.38. The summed E-state index contributed by atoms with van der Waals surface area (Å²) in [6.45, 7) is 5.52. The highest BCUT2D eigenvalue weighted by Crippen LogP contribution is 2.32. The van der Waals surface area contributed by atoms with Crippen LogP contribution in [-0.2, 0) is 16.4 Å². The molecule has 38 heavy (non-hydrogen) atoms. The lowest BCUT2D eigenvalue weighted by Gasteiger charge is -2.26. The van der Waals surface area contributed by atoms with Gasteiger partial charge in [-0.05, 0) is 25.0 Å². The van der Waals surface area contributed by atoms with Crippen molar-refractivity contribution in [1.29, 1.82) is 0 Å². The number of benzene rings is 1. The maximum Gasteiger partial charge on any atom is 0.435 e. The second-order valence-electron chi connectivity index (χ2n) is 10.4. The van der Waals surface area contributed by atoms with Crippen LogP contribution in [0.2, 0.25) is 0 Å². The molecule has 0 unspecified atom stereocenters. The molecule has 0 aliphatic heterocycles. The molecule has 1 aliphatic rings. The van der Waals surface area contributed by atoms with Crippen molar-refractivity contribution in [3.05, 3.63) is 53.7 Å². The number of halogens is 3. The van der Waals surface area contributed by atoms with E-state index < -0.39 is 28.8 Å². The van der Waals surface area contributed by atoms with E-state index in [9.17, 15) is 22.8 Å². The molecule has 12 heteroatoms. The number of nitrogens with one attached hydrogen (secondary N) is 1. The van der Waals surface area contributed by atoms with Gasteiger partial charge in [0.2, 0.25) is 11.8 Å². The summed E-state index contributed by atoms with van der Waals surface area (Å²) in [5.41, 5.74) is -1.96. The summed E-state index contributed by atoms with van der Waals surface area (Å²) >= 11 is 0. The Kier molecular flexibility index (Phi) is 7.89. The Balaban J connectivity index is 1.52. The fraction of sp³-hybridized carbons (Fsp3) is 0.500. The average Bonchev–Trinajstić information content (AvgIpc) is 3.56. The second kappa shape index (κ2) is 11.0. The first-order valence-electron chi connectivity index (χ1n) is 12.6. The van der Waals surface area contributed by atoms with Crippen LogP contribution >= 0.6 is 0 Å². The van der Waals surface area contributed by atoms with Gasteiger partial charge in [0.15, 0.2) is 5.69 Å². The van der Waals surface area contributed by atoms with Gasteiger partial charge in [-0.15, -0.1) is 5.10 Å². The van der Waals surface area contributed by atoms with Crippen LogP contribution in [0.1, 0.15) is 74.8 Å². The number of carbonyl (C=O) groups excluding carboxylic acids is 2. The maximum absolute atomic E-state index is 13.7. The molecular formula is C26H31F3N6O3. The Morgan fingerprint density at radius 2 is 1.76 bits per heavy atom. The molecule has 2 heterocycles. The number of aromatic nitrogens is 4. The number of rotatable bonds is 7. The number of hydrogen-bond acceptors (Lipinski definition) is 6. The SMILES string of the molecule is CC(C)(C)c1nnc(N(CCNC(=O)c2cn(-c3ccccc3)nc2C(F)(F)F)C(=O)C2CCCCC2)o1. The minimum absolute atomic E-state index is 0.00706. The van der Waals surface area contributed by atoms with E-state index in [0.29, 0.717) is 11.6 Å². The van der Waals surface area contributed by atoms with Crippen molar-refractivity contribution in [1.82, 2.24) is 25.3 Å². The van der Waals surface area contributed by atoms with E-state index in [-0.39, 0.29) is 30.9 Å². The summed E-state index contributed by atoms with van der Waals surface area (Å²) in [7, 11) is 0. The molecule has 1 aliphatic carbocycles. The minimum atomic E-state index is -4.83. The molecule has 1 saturated carbocycles. The molecular weight excluding hydrogens is 501 g/mol. The molecule has 2 amide bonds. The first-order valence-corrected chi connectivity index (χ1v) is 12.6. The van der Waals surface area contributed by atoms with Gasteiger partial charge in [-0.25, -0.2) is 4.68 Å². The lowest BCUT2D eigenvalue weighted by Crippen LogP contribution is -2.42. The fourth-order valence-corrected chi connectivity index (χ4v) is 4.34. The highest BCUT2D eigenvalue weighted by atomic mass is 19.4. The normalized spacial score (nSPS) is 14.9. The topological polar surface area (TPSA) is 106 Å². The smallest absolute Gasteiger partial charge is 0.407 e. The zero-order valence-corrected chi connectivity index (χ0v) is 21.6. The predicted molar refractivity (Wildman–Crippen MR) is 133 cm³/mol. The molecule has 0 spiro atoms. The first-order chi connectivity index (χ1) is 17.9. The molecule has 3 aromatic rings. The lowest BCUT2D eigenvalue weighted by atomic mass is 9.88. The van der Waals surface area contributed by atoms with Crippen LogP contribution in [-0.4, -0.2) is 44.9 Å². The van der Waals surface area contributed by atoms with Gasteiger partial charge in [0.1, 0.15) is 0 Å². The molecule has 4 rings (SSSR count). The van der Waals surface area contributed by atoms with E-state index in [1.165, 1.54) is 4.90 Å². The van der Waals surface area contributed by atoms with Gasteiger partial charge in [-0.2, -0.15) is 18.3 Å². The van der Waals surface area contributed by atoms with Gasteiger partial charge in [0.25, 0.3) is 5.91 Å². The third kappa shape index (κ3) is 6.22. The summed E-state index contributed by atoms with van der Waals surface area (Å²) in [4.78, 5) is 27.6. The molecule has 204 valence electrons. The van der Waals surface area contributed by atoms with Crippen LogP contribution in [0.5, 0.6) is 0 Å². The molecule has 1 fully saturated rings. The van der Waals surface area contributed by atoms with Gasteiger partial charge in [0, 0.05) is 30.6 Å². The maximum atomic E-state index is 13.7. The van der Waals surface area contributed by atoms with Crippen LogP contribution in [0.3, 0.4) is 0 Å². The summed E-state index contributed by atoms with van der Waals surface area (Å²) in [6, 6.07) is 8.21. The first kappa shape index (κ1) is 27.3. The van der Waals surface area contributed by atoms with Crippen molar-refractivity contribution in [3.63, 3.8) is 0 Å². The van der Waals surface area contributed by atoms with Crippen LogP contribution in [0, 0.1) is 5.92 Å². The molecule has 0 atom stereocenters. The Morgan fingerprint density at radius 3 is 2.37 bits per heavy atom. The number of hydrogen-bond donors (Lipinski definition) is 1. The van der Waals surface area contributed by atoms with E-state index in [1.54, 1.807) is 30.3 Å². The number of carbonyl (C=O) groups is 2. The number of para-hydroxylation sites is 1. The molecule has 0 radical (unpaired) electrons. The van der Waals surface area contributed by atoms with E-state index in [2.05, 4.69) is 20.6 Å². The van der Waals surface area contributed by atoms with Gasteiger partial charge >= 0.3 is 12.2 Å². The fourth-order valence-electron chi connectivity index (χ4n) is 4.34. The van der Waals surface area contributed by atoms with Crippen molar-refractivity contribution >= 4 is 17.8 Å². The Bertz CT molecular complexity index is 1260. The van der Waals surface area contributed by atoms with Crippen molar-refractivity contribution in [2.24, 2.45) is 5.92 Å². The van der Waals surface area contributed by atoms with Gasteiger partial charge < -0.3 is 9.73 Å². The van der Waals surface area contributed by atoms with Crippen molar-refractivity contribution in [2.45, 2.75) is 64.5 Å². The summed E-state index contributed by atoms with van der Waals surface area (Å²) < 4.78 is 47.9. The van der Waals surface area contributed by atoms with E-state index in [0.717, 1.165) is 43.0 Å². The standard InChI is InChI=1S/C26H31F3N6O3/c1-25(2,3)23-31-32-24(38-23)34(22(37)17-10-6-4-7-11-17)15-14-30-21(36)19-16-35(18-12-8-5-9-13-18)33-20(19)26(27,28)29/h5,8-9,12-13,16-17H,4,6-7,10-11,14-15H2,1-3H3,(H,30,36). The zero-order chi connectivity index (χ0) is 27.5. The number of nitrogens with zero attached hydrogens (tertiary/aromatic N) is 5. The van der Waals surface area contributed by atoms with Crippen LogP contribution < -0.4 is 10.2 Å². The highest BCUT2D eigenvalue weighted by molar-refractivity contribution is 5.96. The number of alkyl halides is 3. The molecule has 2 aromatic heterocycles. The summed E-state index contributed by atoms with van der Waals surface area (Å²) in [6.07, 6.45) is 0.611. The Hall–Kier alpha value is -3.70. The largest absolute Gasteiger partial charge is 0.435 e. The van der Waals surface area contributed by atoms with E-state index in [1.807, 2.05) is 20.8 Å². The number of anilines is 1. The molecule has 0 bridgehead atoms. The molecule has 0 saturated heterocycles. The van der Waals surface area contributed by atoms with Gasteiger partial charge in [-0.3, -0.25) is 14.5 Å². The highest BCUT2D eigenvalue weighted by Gasteiger charge is 2.39. The van der Waals surface area contributed by atoms with Gasteiger partial charge in [-0.1, -0.05) is 63.3 Å². The Labute approximate surface area is 218 Å². The van der Waals surface area contributed by atoms with Crippen molar-refractivity contribution < 1.29 is 27.2 Å². The van der Waals surface area contributed by atoms with Crippen molar-refractivity contribution in [2.75, 3.05) is 18.0 Å². The van der Waals surface area contributed by atoms with Crippen LogP contribution in [0.15, 0.2) is 40.9 Å². The zero-order valence-electron chi connectivity index (χ0n) is 21.6. The molecule has 1 N–H and O–H groups in total.